The van der Waals surface area contributed by atoms with Crippen molar-refractivity contribution in [3.05, 3.63) is 149 Å². The minimum atomic E-state index is -4.57. The Labute approximate surface area is 244 Å². The van der Waals surface area contributed by atoms with Crippen LogP contribution in [0.15, 0.2) is 126 Å². The molecule has 1 amide bonds. The number of hydrogen-bond acceptors (Lipinski definition) is 3. The van der Waals surface area contributed by atoms with E-state index >= 15 is 0 Å². The molecule has 0 aliphatic rings. The highest BCUT2D eigenvalue weighted by Gasteiger charge is 2.30. The number of carboxylic acids is 1. The van der Waals surface area contributed by atoms with Crippen molar-refractivity contribution >= 4 is 17.6 Å². The molecule has 1 atom stereocenters. The fourth-order valence-corrected chi connectivity index (χ4v) is 4.71. The Bertz CT molecular complexity index is 1800. The van der Waals surface area contributed by atoms with E-state index in [4.69, 9.17) is 0 Å². The number of carboxylic acid groups (broad SMARTS) is 1. The zero-order valence-corrected chi connectivity index (χ0v) is 22.6. The highest BCUT2D eigenvalue weighted by molar-refractivity contribution is 6.04. The Kier molecular flexibility index (Phi) is 8.25. The molecule has 0 aliphatic carbocycles. The quantitative estimate of drug-likeness (QED) is 0.201. The highest BCUT2D eigenvalue weighted by atomic mass is 19.4. The third-order valence-electron chi connectivity index (χ3n) is 6.98. The molecule has 5 rings (SSSR count). The van der Waals surface area contributed by atoms with Gasteiger partial charge >= 0.3 is 12.1 Å². The normalized spacial score (nSPS) is 12.0. The van der Waals surface area contributed by atoms with Crippen molar-refractivity contribution in [1.82, 2.24) is 4.57 Å². The Hall–Kier alpha value is -5.44. The van der Waals surface area contributed by atoms with Crippen LogP contribution in [0.4, 0.5) is 18.9 Å². The topological polar surface area (TPSA) is 88.4 Å². The van der Waals surface area contributed by atoms with Crippen LogP contribution in [-0.2, 0) is 17.4 Å². The molecule has 2 N–H and O–H groups in total. The van der Waals surface area contributed by atoms with Gasteiger partial charge in [-0.1, -0.05) is 84.9 Å². The number of pyridine rings is 1. The summed E-state index contributed by atoms with van der Waals surface area (Å²) < 4.78 is 40.1. The van der Waals surface area contributed by atoms with Crippen molar-refractivity contribution in [2.75, 3.05) is 5.32 Å². The van der Waals surface area contributed by atoms with Crippen LogP contribution in [0.2, 0.25) is 0 Å². The van der Waals surface area contributed by atoms with E-state index in [1.54, 1.807) is 30.3 Å². The summed E-state index contributed by atoms with van der Waals surface area (Å²) in [6, 6.07) is 29.6. The van der Waals surface area contributed by atoms with E-state index in [9.17, 15) is 32.7 Å². The van der Waals surface area contributed by atoms with Crippen LogP contribution in [0.1, 0.15) is 27.5 Å². The number of halogens is 3. The third-order valence-corrected chi connectivity index (χ3v) is 6.98. The summed E-state index contributed by atoms with van der Waals surface area (Å²) in [4.78, 5) is 39.1. The second-order valence-corrected chi connectivity index (χ2v) is 9.87. The molecule has 43 heavy (non-hydrogen) atoms. The van der Waals surface area contributed by atoms with Crippen LogP contribution in [-0.4, -0.2) is 21.6 Å². The van der Waals surface area contributed by atoms with Crippen LogP contribution in [0.5, 0.6) is 0 Å². The lowest BCUT2D eigenvalue weighted by molar-refractivity contribution is -0.141. The Morgan fingerprint density at radius 3 is 1.84 bits per heavy atom. The van der Waals surface area contributed by atoms with Gasteiger partial charge in [-0.15, -0.1) is 0 Å². The number of nitrogens with one attached hydrogen (secondary N) is 1. The van der Waals surface area contributed by atoms with Crippen LogP contribution in [0.25, 0.3) is 22.3 Å². The summed E-state index contributed by atoms with van der Waals surface area (Å²) in [5.41, 5.74) is 1.74. The molecule has 1 heterocycles. The first kappa shape index (κ1) is 29.1. The van der Waals surface area contributed by atoms with Gasteiger partial charge in [-0.3, -0.25) is 14.2 Å². The van der Waals surface area contributed by atoms with Crippen molar-refractivity contribution in [3.8, 4) is 22.3 Å². The molecule has 6 nitrogen and oxygen atoms in total. The number of anilines is 1. The van der Waals surface area contributed by atoms with Gasteiger partial charge in [0, 0.05) is 23.7 Å². The second kappa shape index (κ2) is 12.2. The van der Waals surface area contributed by atoms with E-state index in [1.807, 2.05) is 54.6 Å². The highest BCUT2D eigenvalue weighted by Crippen LogP contribution is 2.30. The molecule has 0 spiro atoms. The smallest absolute Gasteiger partial charge is 0.416 e. The number of aromatic nitrogens is 1. The second-order valence-electron chi connectivity index (χ2n) is 9.87. The third kappa shape index (κ3) is 6.73. The zero-order valence-electron chi connectivity index (χ0n) is 22.6. The van der Waals surface area contributed by atoms with Crippen LogP contribution < -0.4 is 10.9 Å². The van der Waals surface area contributed by atoms with Crippen molar-refractivity contribution in [2.24, 2.45) is 0 Å². The van der Waals surface area contributed by atoms with Crippen LogP contribution in [0, 0.1) is 0 Å². The first-order valence-electron chi connectivity index (χ1n) is 13.3. The SMILES string of the molecule is O=C(Nc1cc(-c2ccc(-c3ccccc3)cc2)cn(C(Cc2ccccc2)C(=O)O)c1=O)c1ccc(C(F)(F)F)cc1. The van der Waals surface area contributed by atoms with E-state index < -0.39 is 35.2 Å². The van der Waals surface area contributed by atoms with Crippen molar-refractivity contribution < 1.29 is 27.9 Å². The standard InChI is InChI=1S/C34H25F3N2O4/c35-34(36,37)28-17-15-26(16-18-28)31(40)38-29-20-27(25-13-11-24(12-14-25)23-9-5-2-6-10-23)21-39(32(29)41)30(33(42)43)19-22-7-3-1-4-8-22/h1-18,20-21,30H,19H2,(H,38,40)(H,42,43). The zero-order chi connectivity index (χ0) is 30.6. The minimum Gasteiger partial charge on any atom is -0.480 e. The maximum Gasteiger partial charge on any atom is 0.416 e. The number of hydrogen-bond donors (Lipinski definition) is 2. The summed E-state index contributed by atoms with van der Waals surface area (Å²) >= 11 is 0. The van der Waals surface area contributed by atoms with Gasteiger partial charge in [0.2, 0.25) is 0 Å². The number of alkyl halides is 3. The first-order valence-corrected chi connectivity index (χ1v) is 13.3. The Morgan fingerprint density at radius 1 is 0.744 bits per heavy atom. The molecule has 0 aliphatic heterocycles. The predicted octanol–water partition coefficient (Wildman–Crippen LogP) is 7.32. The molecule has 1 aromatic heterocycles. The monoisotopic (exact) mass is 582 g/mol. The predicted molar refractivity (Wildman–Crippen MR) is 158 cm³/mol. The molecule has 0 bridgehead atoms. The summed E-state index contributed by atoms with van der Waals surface area (Å²) in [6.45, 7) is 0. The van der Waals surface area contributed by atoms with Crippen molar-refractivity contribution in [2.45, 2.75) is 18.6 Å². The summed E-state index contributed by atoms with van der Waals surface area (Å²) in [7, 11) is 0. The van der Waals surface area contributed by atoms with Crippen molar-refractivity contribution in [3.63, 3.8) is 0 Å². The maximum absolute atomic E-state index is 13.6. The fraction of sp³-hybridized carbons (Fsp3) is 0.0882. The van der Waals surface area contributed by atoms with E-state index in [0.29, 0.717) is 16.7 Å². The summed E-state index contributed by atoms with van der Waals surface area (Å²) in [5.74, 6) is -2.06. The molecular formula is C34H25F3N2O4. The van der Waals surface area contributed by atoms with E-state index in [2.05, 4.69) is 5.32 Å². The molecule has 4 aromatic carbocycles. The number of rotatable bonds is 8. The molecule has 0 saturated heterocycles. The molecule has 1 unspecified atom stereocenters. The molecule has 0 saturated carbocycles. The Balaban J connectivity index is 1.56. The molecule has 216 valence electrons. The average molecular weight is 583 g/mol. The van der Waals surface area contributed by atoms with E-state index in [1.165, 1.54) is 12.3 Å². The molecule has 0 radical (unpaired) electrons. The minimum absolute atomic E-state index is 0.00122. The molecule has 0 fully saturated rings. The van der Waals surface area contributed by atoms with Crippen molar-refractivity contribution in [1.29, 1.82) is 0 Å². The van der Waals surface area contributed by atoms with Crippen LogP contribution in [0.3, 0.4) is 0 Å². The van der Waals surface area contributed by atoms with Gasteiger partial charge in [-0.05, 0) is 52.6 Å². The molecule has 5 aromatic rings. The number of nitrogens with zero attached hydrogens (tertiary/aromatic N) is 1. The van der Waals surface area contributed by atoms with Gasteiger partial charge in [-0.25, -0.2) is 4.79 Å². The van der Waals surface area contributed by atoms with Crippen LogP contribution >= 0.6 is 0 Å². The maximum atomic E-state index is 13.6. The Morgan fingerprint density at radius 2 is 1.28 bits per heavy atom. The lowest BCUT2D eigenvalue weighted by atomic mass is 10.0. The van der Waals surface area contributed by atoms with Gasteiger partial charge in [0.1, 0.15) is 11.7 Å². The fourth-order valence-electron chi connectivity index (χ4n) is 4.71. The lowest BCUT2D eigenvalue weighted by Gasteiger charge is -2.19. The van der Waals surface area contributed by atoms with E-state index in [-0.39, 0.29) is 17.7 Å². The number of amides is 1. The average Bonchev–Trinajstić information content (AvgIpc) is 3.01. The van der Waals surface area contributed by atoms with E-state index in [0.717, 1.165) is 40.0 Å². The van der Waals surface area contributed by atoms with Gasteiger partial charge in [-0.2, -0.15) is 13.2 Å². The summed E-state index contributed by atoms with van der Waals surface area (Å²) in [6.07, 6.45) is -3.13. The summed E-state index contributed by atoms with van der Waals surface area (Å²) in [5, 5.41) is 12.6. The van der Waals surface area contributed by atoms with Gasteiger partial charge in [0.15, 0.2) is 0 Å². The molecule has 9 heteroatoms. The number of benzene rings is 4. The van der Waals surface area contributed by atoms with Gasteiger partial charge < -0.3 is 10.4 Å². The lowest BCUT2D eigenvalue weighted by Crippen LogP contribution is -2.33. The van der Waals surface area contributed by atoms with Gasteiger partial charge in [0.05, 0.1) is 5.56 Å². The number of aliphatic carboxylic acids is 1. The largest absolute Gasteiger partial charge is 0.480 e. The number of carbonyl (C=O) groups is 2. The molecular weight excluding hydrogens is 557 g/mol. The van der Waals surface area contributed by atoms with Gasteiger partial charge in [0.25, 0.3) is 11.5 Å². The number of carbonyl (C=O) groups excluding carboxylic acids is 1. The first-order chi connectivity index (χ1) is 20.6.